The molecule has 172 valence electrons. The predicted molar refractivity (Wildman–Crippen MR) is 132 cm³/mol. The molecule has 0 amide bonds. The van der Waals surface area contributed by atoms with E-state index in [9.17, 15) is 0 Å². The van der Waals surface area contributed by atoms with Crippen LogP contribution in [0.25, 0.3) is 11.0 Å². The van der Waals surface area contributed by atoms with Gasteiger partial charge in [-0.15, -0.1) is 0 Å². The van der Waals surface area contributed by atoms with E-state index < -0.39 is 0 Å². The summed E-state index contributed by atoms with van der Waals surface area (Å²) in [5.41, 5.74) is 3.73. The van der Waals surface area contributed by atoms with E-state index in [1.54, 1.807) is 7.11 Å². The normalized spacial score (nSPS) is 17.3. The highest BCUT2D eigenvalue weighted by molar-refractivity contribution is 5.75. The van der Waals surface area contributed by atoms with Crippen molar-refractivity contribution in [3.63, 3.8) is 0 Å². The van der Waals surface area contributed by atoms with Gasteiger partial charge in [0.15, 0.2) is 0 Å². The quantitative estimate of drug-likeness (QED) is 0.457. The summed E-state index contributed by atoms with van der Waals surface area (Å²) in [4.78, 5) is 10.2. The summed E-state index contributed by atoms with van der Waals surface area (Å²) in [5.74, 6) is 2.88. The van der Waals surface area contributed by atoms with E-state index in [4.69, 9.17) is 9.72 Å². The summed E-state index contributed by atoms with van der Waals surface area (Å²) in [5, 5.41) is 0. The summed E-state index contributed by atoms with van der Waals surface area (Å²) in [7, 11) is 1.74. The Kier molecular flexibility index (Phi) is 7.82. The molecule has 32 heavy (non-hydrogen) atoms. The third kappa shape index (κ3) is 5.51. The maximum atomic E-state index is 5.38. The third-order valence-corrected chi connectivity index (χ3v) is 6.83. The Morgan fingerprint density at radius 3 is 2.81 bits per heavy atom. The van der Waals surface area contributed by atoms with Gasteiger partial charge in [0.25, 0.3) is 0 Å². The third-order valence-electron chi connectivity index (χ3n) is 6.83. The van der Waals surface area contributed by atoms with Crippen molar-refractivity contribution in [3.05, 3.63) is 59.9 Å². The molecule has 0 spiro atoms. The van der Waals surface area contributed by atoms with Gasteiger partial charge < -0.3 is 14.2 Å². The number of nitrogens with zero attached hydrogens (tertiary/aromatic N) is 4. The molecule has 1 atom stereocenters. The minimum atomic E-state index is 0.730. The number of hydrogen-bond acceptors (Lipinski definition) is 4. The molecule has 0 bridgehead atoms. The van der Waals surface area contributed by atoms with Gasteiger partial charge in [0.2, 0.25) is 0 Å². The molecule has 2 heterocycles. The van der Waals surface area contributed by atoms with Gasteiger partial charge in [-0.05, 0) is 75.0 Å². The van der Waals surface area contributed by atoms with E-state index in [1.165, 1.54) is 42.8 Å². The van der Waals surface area contributed by atoms with Crippen LogP contribution in [0.4, 0.5) is 0 Å². The van der Waals surface area contributed by atoms with E-state index >= 15 is 0 Å². The Labute approximate surface area is 193 Å². The Balaban J connectivity index is 1.34. The number of fused-ring (bicyclic) bond motifs is 1. The van der Waals surface area contributed by atoms with Crippen LogP contribution in [0.5, 0.6) is 5.75 Å². The van der Waals surface area contributed by atoms with Crippen molar-refractivity contribution in [2.24, 2.45) is 5.92 Å². The second-order valence-corrected chi connectivity index (χ2v) is 9.00. The molecule has 5 nitrogen and oxygen atoms in total. The number of ether oxygens (including phenoxy) is 1. The predicted octanol–water partition coefficient (Wildman–Crippen LogP) is 4.84. The van der Waals surface area contributed by atoms with Crippen LogP contribution in [0.1, 0.15) is 38.1 Å². The van der Waals surface area contributed by atoms with Crippen LogP contribution in [0.2, 0.25) is 0 Å². The molecule has 1 fully saturated rings. The van der Waals surface area contributed by atoms with Crippen LogP contribution in [0, 0.1) is 5.92 Å². The number of para-hydroxylation sites is 2. The van der Waals surface area contributed by atoms with Crippen LogP contribution in [0.15, 0.2) is 48.5 Å². The topological polar surface area (TPSA) is 33.5 Å². The van der Waals surface area contributed by atoms with E-state index in [0.29, 0.717) is 0 Å². The molecule has 2 aromatic carbocycles. The fourth-order valence-electron chi connectivity index (χ4n) is 5.09. The lowest BCUT2D eigenvalue weighted by atomic mass is 9.97. The molecule has 4 rings (SSSR count). The number of piperidine rings is 1. The van der Waals surface area contributed by atoms with E-state index in [1.807, 2.05) is 6.07 Å². The molecule has 0 saturated carbocycles. The first-order chi connectivity index (χ1) is 15.7. The molecule has 3 aromatic rings. The molecule has 1 aromatic heterocycles. The van der Waals surface area contributed by atoms with Crippen molar-refractivity contribution in [2.75, 3.05) is 39.8 Å². The molecule has 1 aliphatic heterocycles. The highest BCUT2D eigenvalue weighted by Crippen LogP contribution is 2.21. The Hall–Kier alpha value is -2.37. The largest absolute Gasteiger partial charge is 0.497 e. The molecule has 5 heteroatoms. The maximum Gasteiger partial charge on any atom is 0.124 e. The lowest BCUT2D eigenvalue weighted by Gasteiger charge is -2.35. The van der Waals surface area contributed by atoms with Crippen LogP contribution in [-0.4, -0.2) is 59.2 Å². The Morgan fingerprint density at radius 2 is 2.00 bits per heavy atom. The first-order valence-corrected chi connectivity index (χ1v) is 12.2. The van der Waals surface area contributed by atoms with Gasteiger partial charge in [0.1, 0.15) is 11.6 Å². The van der Waals surface area contributed by atoms with Gasteiger partial charge in [0, 0.05) is 26.2 Å². The lowest BCUT2D eigenvalue weighted by Crippen LogP contribution is -2.41. The van der Waals surface area contributed by atoms with Gasteiger partial charge in [0.05, 0.1) is 24.7 Å². The van der Waals surface area contributed by atoms with E-state index in [2.05, 4.69) is 70.7 Å². The highest BCUT2D eigenvalue weighted by atomic mass is 16.5. The standard InChI is InChI=1S/C27H38N4O/c1-4-29(21-27-28-25-13-6-7-14-26(25)31(27)5-2)19-23-11-9-16-30(20-23)17-15-22-10-8-12-24(18-22)32-3/h6-8,10,12-14,18,23H,4-5,9,11,15-17,19-21H2,1-3H3/t23-/m1/s1. The van der Waals surface area contributed by atoms with Crippen molar-refractivity contribution in [1.29, 1.82) is 0 Å². The SMILES string of the molecule is CCN(Cc1nc2ccccc2n1CC)C[C@H]1CCCN(CCc2cccc(OC)c2)C1. The van der Waals surface area contributed by atoms with Gasteiger partial charge in [-0.1, -0.05) is 31.2 Å². The van der Waals surface area contributed by atoms with Gasteiger partial charge in [-0.2, -0.15) is 0 Å². The Bertz CT molecular complexity index is 998. The second-order valence-electron chi connectivity index (χ2n) is 9.00. The lowest BCUT2D eigenvalue weighted by molar-refractivity contribution is 0.131. The molecule has 1 saturated heterocycles. The second kappa shape index (κ2) is 11.0. The average Bonchev–Trinajstić information content (AvgIpc) is 3.19. The molecule has 0 unspecified atom stereocenters. The summed E-state index contributed by atoms with van der Waals surface area (Å²) in [6.45, 7) is 12.2. The summed E-state index contributed by atoms with van der Waals surface area (Å²) in [6.07, 6.45) is 3.71. The number of likely N-dealkylation sites (tertiary alicyclic amines) is 1. The first-order valence-electron chi connectivity index (χ1n) is 12.2. The molecule has 0 aliphatic carbocycles. The number of aromatic nitrogens is 2. The fraction of sp³-hybridized carbons (Fsp3) is 0.519. The zero-order chi connectivity index (χ0) is 22.3. The van der Waals surface area contributed by atoms with Crippen LogP contribution in [-0.2, 0) is 19.5 Å². The van der Waals surface area contributed by atoms with Crippen molar-refractivity contribution in [1.82, 2.24) is 19.4 Å². The number of methoxy groups -OCH3 is 1. The average molecular weight is 435 g/mol. The molecule has 0 radical (unpaired) electrons. The zero-order valence-electron chi connectivity index (χ0n) is 20.0. The van der Waals surface area contributed by atoms with Crippen molar-refractivity contribution < 1.29 is 4.74 Å². The van der Waals surface area contributed by atoms with Gasteiger partial charge in [-0.25, -0.2) is 4.98 Å². The highest BCUT2D eigenvalue weighted by Gasteiger charge is 2.22. The molecule has 0 N–H and O–H groups in total. The monoisotopic (exact) mass is 434 g/mol. The summed E-state index contributed by atoms with van der Waals surface area (Å²) in [6, 6.07) is 17.0. The zero-order valence-corrected chi connectivity index (χ0v) is 20.0. The maximum absolute atomic E-state index is 5.38. The number of rotatable bonds is 10. The van der Waals surface area contributed by atoms with Crippen molar-refractivity contribution in [3.8, 4) is 5.75 Å². The van der Waals surface area contributed by atoms with Crippen molar-refractivity contribution in [2.45, 2.75) is 46.2 Å². The molecular weight excluding hydrogens is 396 g/mol. The van der Waals surface area contributed by atoms with Gasteiger partial charge >= 0.3 is 0 Å². The minimum Gasteiger partial charge on any atom is -0.497 e. The summed E-state index contributed by atoms with van der Waals surface area (Å²) < 4.78 is 7.75. The van der Waals surface area contributed by atoms with Crippen LogP contribution >= 0.6 is 0 Å². The Morgan fingerprint density at radius 1 is 1.12 bits per heavy atom. The van der Waals surface area contributed by atoms with Crippen LogP contribution in [0.3, 0.4) is 0 Å². The summed E-state index contributed by atoms with van der Waals surface area (Å²) >= 11 is 0. The van der Waals surface area contributed by atoms with Crippen molar-refractivity contribution >= 4 is 11.0 Å². The minimum absolute atomic E-state index is 0.730. The van der Waals surface area contributed by atoms with E-state index in [0.717, 1.165) is 56.3 Å². The number of aryl methyl sites for hydroxylation is 1. The number of imidazole rings is 1. The first kappa shape index (κ1) is 22.8. The number of benzene rings is 2. The molecule has 1 aliphatic rings. The fourth-order valence-corrected chi connectivity index (χ4v) is 5.09. The number of hydrogen-bond donors (Lipinski definition) is 0. The molecular formula is C27H38N4O. The van der Waals surface area contributed by atoms with Gasteiger partial charge in [-0.3, -0.25) is 4.90 Å². The smallest absolute Gasteiger partial charge is 0.124 e. The van der Waals surface area contributed by atoms with E-state index in [-0.39, 0.29) is 0 Å². The van der Waals surface area contributed by atoms with Crippen LogP contribution < -0.4 is 4.74 Å².